The second-order valence-electron chi connectivity index (χ2n) is 2.50. The summed E-state index contributed by atoms with van der Waals surface area (Å²) in [4.78, 5) is 0. The van der Waals surface area contributed by atoms with Crippen LogP contribution in [0.5, 0.6) is 0 Å². The fourth-order valence-corrected chi connectivity index (χ4v) is 0.782. The second-order valence-corrected chi connectivity index (χ2v) is 2.50. The summed E-state index contributed by atoms with van der Waals surface area (Å²) in [7, 11) is 0. The van der Waals surface area contributed by atoms with Gasteiger partial charge in [0.1, 0.15) is 11.6 Å². The first kappa shape index (κ1) is 7.73. The fraction of sp³-hybridized carbons (Fsp3) is 0.429. The second kappa shape index (κ2) is 2.70. The highest BCUT2D eigenvalue weighted by Crippen LogP contribution is 2.10. The Bertz CT molecular complexity index is 295. The van der Waals surface area contributed by atoms with Crippen LogP contribution in [-0.4, -0.2) is 9.78 Å². The highest BCUT2D eigenvalue weighted by Gasteiger charge is 2.10. The van der Waals surface area contributed by atoms with Gasteiger partial charge in [0.15, 0.2) is 0 Å². The number of hydrogen-bond acceptors (Lipinski definition) is 2. The van der Waals surface area contributed by atoms with Crippen molar-refractivity contribution in [1.82, 2.24) is 9.78 Å². The molecule has 0 saturated heterocycles. The van der Waals surface area contributed by atoms with Crippen LogP contribution < -0.4 is 0 Å². The standard InChI is InChI=1S/C7H8FN3/c1-5(2)11-7(8)6(3-9)4-10-11/h4-5H,1-2H3. The molecular weight excluding hydrogens is 145 g/mol. The normalized spacial score (nSPS) is 10.1. The Labute approximate surface area is 64.1 Å². The molecule has 1 aromatic rings. The van der Waals surface area contributed by atoms with Gasteiger partial charge in [0, 0.05) is 6.04 Å². The molecular formula is C7H8FN3. The smallest absolute Gasteiger partial charge is 0.229 e. The van der Waals surface area contributed by atoms with Crippen LogP contribution in [-0.2, 0) is 0 Å². The average molecular weight is 153 g/mol. The van der Waals surface area contributed by atoms with E-state index in [-0.39, 0.29) is 11.6 Å². The van der Waals surface area contributed by atoms with Crippen molar-refractivity contribution in [3.05, 3.63) is 17.7 Å². The van der Waals surface area contributed by atoms with Crippen LogP contribution >= 0.6 is 0 Å². The SMILES string of the molecule is CC(C)n1ncc(C#N)c1F. The minimum absolute atomic E-state index is 0.00120. The van der Waals surface area contributed by atoms with Crippen molar-refractivity contribution in [3.8, 4) is 6.07 Å². The van der Waals surface area contributed by atoms with Gasteiger partial charge in [-0.2, -0.15) is 14.8 Å². The maximum atomic E-state index is 13.0. The van der Waals surface area contributed by atoms with Crippen molar-refractivity contribution in [3.63, 3.8) is 0 Å². The molecule has 58 valence electrons. The largest absolute Gasteiger partial charge is 0.236 e. The van der Waals surface area contributed by atoms with E-state index >= 15 is 0 Å². The molecule has 0 atom stereocenters. The minimum atomic E-state index is -0.553. The number of rotatable bonds is 1. The van der Waals surface area contributed by atoms with Crippen molar-refractivity contribution in [1.29, 1.82) is 5.26 Å². The molecule has 0 spiro atoms. The van der Waals surface area contributed by atoms with Crippen molar-refractivity contribution in [2.24, 2.45) is 0 Å². The lowest BCUT2D eigenvalue weighted by molar-refractivity contribution is 0.414. The van der Waals surface area contributed by atoms with Crippen LogP contribution in [0.15, 0.2) is 6.20 Å². The summed E-state index contributed by atoms with van der Waals surface area (Å²) in [5.74, 6) is -0.553. The number of nitriles is 1. The van der Waals surface area contributed by atoms with Gasteiger partial charge in [-0.05, 0) is 13.8 Å². The molecule has 4 heteroatoms. The van der Waals surface area contributed by atoms with E-state index in [4.69, 9.17) is 5.26 Å². The van der Waals surface area contributed by atoms with Crippen LogP contribution in [0.2, 0.25) is 0 Å². The highest BCUT2D eigenvalue weighted by atomic mass is 19.1. The molecule has 0 unspecified atom stereocenters. The molecule has 0 N–H and O–H groups in total. The Balaban J connectivity index is 3.13. The molecule has 0 aromatic carbocycles. The maximum absolute atomic E-state index is 13.0. The van der Waals surface area contributed by atoms with E-state index in [9.17, 15) is 4.39 Å². The maximum Gasteiger partial charge on any atom is 0.229 e. The summed E-state index contributed by atoms with van der Waals surface area (Å²) < 4.78 is 14.1. The van der Waals surface area contributed by atoms with E-state index in [0.717, 1.165) is 0 Å². The quantitative estimate of drug-likeness (QED) is 0.613. The summed E-state index contributed by atoms with van der Waals surface area (Å²) in [5, 5.41) is 12.1. The van der Waals surface area contributed by atoms with Gasteiger partial charge in [-0.15, -0.1) is 0 Å². The van der Waals surface area contributed by atoms with Crippen molar-refractivity contribution >= 4 is 0 Å². The molecule has 1 heterocycles. The van der Waals surface area contributed by atoms with Crippen molar-refractivity contribution < 1.29 is 4.39 Å². The molecule has 0 aliphatic rings. The molecule has 0 amide bonds. The monoisotopic (exact) mass is 153 g/mol. The molecule has 1 rings (SSSR count). The van der Waals surface area contributed by atoms with E-state index in [1.165, 1.54) is 10.9 Å². The van der Waals surface area contributed by atoms with Gasteiger partial charge in [0.2, 0.25) is 5.95 Å². The van der Waals surface area contributed by atoms with Gasteiger partial charge >= 0.3 is 0 Å². The van der Waals surface area contributed by atoms with Crippen LogP contribution in [0.25, 0.3) is 0 Å². The summed E-state index contributed by atoms with van der Waals surface area (Å²) in [6.07, 6.45) is 1.23. The van der Waals surface area contributed by atoms with Gasteiger partial charge in [0.25, 0.3) is 0 Å². The topological polar surface area (TPSA) is 41.6 Å². The molecule has 0 bridgehead atoms. The molecule has 0 aliphatic heterocycles. The van der Waals surface area contributed by atoms with Gasteiger partial charge in [-0.1, -0.05) is 0 Å². The zero-order valence-electron chi connectivity index (χ0n) is 6.37. The lowest BCUT2D eigenvalue weighted by Gasteiger charge is -2.03. The zero-order valence-corrected chi connectivity index (χ0v) is 6.37. The summed E-state index contributed by atoms with van der Waals surface area (Å²) in [6.45, 7) is 3.61. The number of aromatic nitrogens is 2. The average Bonchev–Trinajstić information content (AvgIpc) is 2.30. The molecule has 1 aromatic heterocycles. The van der Waals surface area contributed by atoms with Crippen LogP contribution in [0, 0.1) is 17.3 Å². The van der Waals surface area contributed by atoms with Crippen molar-refractivity contribution in [2.75, 3.05) is 0 Å². The third kappa shape index (κ3) is 1.22. The molecule has 0 saturated carbocycles. The van der Waals surface area contributed by atoms with E-state index in [1.807, 2.05) is 0 Å². The predicted octanol–water partition coefficient (Wildman–Crippen LogP) is 1.47. The Kier molecular flexibility index (Phi) is 1.90. The van der Waals surface area contributed by atoms with Gasteiger partial charge in [-0.3, -0.25) is 0 Å². The lowest BCUT2D eigenvalue weighted by Crippen LogP contribution is -2.05. The highest BCUT2D eigenvalue weighted by molar-refractivity contribution is 5.23. The molecule has 0 fully saturated rings. The Morgan fingerprint density at radius 3 is 2.64 bits per heavy atom. The zero-order chi connectivity index (χ0) is 8.43. The first-order valence-corrected chi connectivity index (χ1v) is 3.30. The van der Waals surface area contributed by atoms with Crippen LogP contribution in [0.4, 0.5) is 4.39 Å². The van der Waals surface area contributed by atoms with E-state index in [0.29, 0.717) is 0 Å². The van der Waals surface area contributed by atoms with Crippen LogP contribution in [0.3, 0.4) is 0 Å². The van der Waals surface area contributed by atoms with Gasteiger partial charge in [-0.25, -0.2) is 4.68 Å². The Morgan fingerprint density at radius 2 is 2.36 bits per heavy atom. The Hall–Kier alpha value is -1.37. The number of halogens is 1. The molecule has 0 aliphatic carbocycles. The lowest BCUT2D eigenvalue weighted by atomic mass is 10.4. The third-order valence-corrected chi connectivity index (χ3v) is 1.34. The summed E-state index contributed by atoms with van der Waals surface area (Å²) in [5.41, 5.74) is -0.00120. The first-order valence-electron chi connectivity index (χ1n) is 3.30. The third-order valence-electron chi connectivity index (χ3n) is 1.34. The minimum Gasteiger partial charge on any atom is -0.236 e. The van der Waals surface area contributed by atoms with E-state index in [2.05, 4.69) is 5.10 Å². The number of hydrogen-bond donors (Lipinski definition) is 0. The van der Waals surface area contributed by atoms with E-state index < -0.39 is 5.95 Å². The van der Waals surface area contributed by atoms with Gasteiger partial charge in [0.05, 0.1) is 6.20 Å². The summed E-state index contributed by atoms with van der Waals surface area (Å²) in [6, 6.07) is 1.67. The van der Waals surface area contributed by atoms with Gasteiger partial charge < -0.3 is 0 Å². The Morgan fingerprint density at radius 1 is 1.73 bits per heavy atom. The molecule has 11 heavy (non-hydrogen) atoms. The summed E-state index contributed by atoms with van der Waals surface area (Å²) >= 11 is 0. The van der Waals surface area contributed by atoms with Crippen LogP contribution in [0.1, 0.15) is 25.5 Å². The number of nitrogens with zero attached hydrogens (tertiary/aromatic N) is 3. The molecule has 0 radical (unpaired) electrons. The van der Waals surface area contributed by atoms with Crippen molar-refractivity contribution in [2.45, 2.75) is 19.9 Å². The first-order chi connectivity index (χ1) is 5.16. The predicted molar refractivity (Wildman–Crippen MR) is 37.3 cm³/mol. The fourth-order valence-electron chi connectivity index (χ4n) is 0.782. The molecule has 3 nitrogen and oxygen atoms in total. The van der Waals surface area contributed by atoms with E-state index in [1.54, 1.807) is 19.9 Å².